The average Bonchev–Trinajstić information content (AvgIpc) is 3.33. The Hall–Kier alpha value is -2.71. The minimum atomic E-state index is 0.450. The van der Waals surface area contributed by atoms with Gasteiger partial charge in [0.15, 0.2) is 5.82 Å². The van der Waals surface area contributed by atoms with Crippen LogP contribution in [0.4, 0.5) is 17.5 Å². The van der Waals surface area contributed by atoms with Gasteiger partial charge in [-0.1, -0.05) is 0 Å². The third-order valence-corrected chi connectivity index (χ3v) is 7.71. The fraction of sp³-hybridized carbons (Fsp3) is 0.560. The van der Waals surface area contributed by atoms with Crippen LogP contribution >= 0.6 is 0 Å². The Labute approximate surface area is 195 Å². The van der Waals surface area contributed by atoms with Crippen molar-refractivity contribution in [1.29, 1.82) is 0 Å². The number of nitrogens with one attached hydrogen (secondary N) is 4. The van der Waals surface area contributed by atoms with Crippen molar-refractivity contribution in [2.24, 2.45) is 5.92 Å². The zero-order valence-electron chi connectivity index (χ0n) is 19.3. The van der Waals surface area contributed by atoms with Crippen LogP contribution in [0.5, 0.6) is 0 Å². The van der Waals surface area contributed by atoms with E-state index in [2.05, 4.69) is 42.1 Å². The van der Waals surface area contributed by atoms with E-state index in [0.717, 1.165) is 40.0 Å². The molecule has 0 amide bonds. The highest BCUT2D eigenvalue weighted by Crippen LogP contribution is 2.38. The lowest BCUT2D eigenvalue weighted by Crippen LogP contribution is -2.49. The Morgan fingerprint density at radius 2 is 1.88 bits per heavy atom. The molecule has 0 spiro atoms. The molecule has 2 unspecified atom stereocenters. The van der Waals surface area contributed by atoms with Gasteiger partial charge in [0.1, 0.15) is 11.6 Å². The van der Waals surface area contributed by atoms with Crippen molar-refractivity contribution < 1.29 is 0 Å². The fourth-order valence-corrected chi connectivity index (χ4v) is 6.11. The highest BCUT2D eigenvalue weighted by molar-refractivity contribution is 5.91. The number of piperidine rings is 2. The summed E-state index contributed by atoms with van der Waals surface area (Å²) in [6.07, 6.45) is 9.56. The van der Waals surface area contributed by atoms with E-state index in [0.29, 0.717) is 18.1 Å². The summed E-state index contributed by atoms with van der Waals surface area (Å²) in [4.78, 5) is 12.4. The third-order valence-electron chi connectivity index (χ3n) is 7.71. The first-order valence-electron chi connectivity index (χ1n) is 12.5. The number of aromatic amines is 1. The smallest absolute Gasteiger partial charge is 0.153 e. The molecule has 0 aromatic carbocycles. The molecule has 3 aliphatic rings. The number of H-pyrrole nitrogens is 1. The molecule has 8 heteroatoms. The number of hydrogen-bond donors (Lipinski definition) is 4. The van der Waals surface area contributed by atoms with E-state index in [1.165, 1.54) is 58.2 Å². The fourth-order valence-electron chi connectivity index (χ4n) is 6.11. The first-order chi connectivity index (χ1) is 16.2. The molecule has 6 heterocycles. The summed E-state index contributed by atoms with van der Waals surface area (Å²) in [5, 5.41) is 19.0. The van der Waals surface area contributed by atoms with Crippen molar-refractivity contribution in [2.75, 3.05) is 30.3 Å². The monoisotopic (exact) mass is 446 g/mol. The minimum Gasteiger partial charge on any atom is -0.367 e. The van der Waals surface area contributed by atoms with Gasteiger partial charge in [-0.15, -0.1) is 0 Å². The van der Waals surface area contributed by atoms with E-state index in [1.807, 2.05) is 31.3 Å². The van der Waals surface area contributed by atoms with Gasteiger partial charge in [0, 0.05) is 54.1 Å². The van der Waals surface area contributed by atoms with Gasteiger partial charge in [0.25, 0.3) is 0 Å². The van der Waals surface area contributed by atoms with E-state index < -0.39 is 0 Å². The minimum absolute atomic E-state index is 0.450. The van der Waals surface area contributed by atoms with E-state index in [4.69, 9.17) is 4.98 Å². The van der Waals surface area contributed by atoms with Crippen molar-refractivity contribution in [3.8, 4) is 0 Å². The number of nitrogens with zero attached hydrogens (tertiary/aromatic N) is 4. The molecular weight excluding hydrogens is 412 g/mol. The predicted molar refractivity (Wildman–Crippen MR) is 132 cm³/mol. The predicted octanol–water partition coefficient (Wildman–Crippen LogP) is 3.81. The second-order valence-electron chi connectivity index (χ2n) is 10.1. The van der Waals surface area contributed by atoms with Crippen molar-refractivity contribution in [3.63, 3.8) is 0 Å². The van der Waals surface area contributed by atoms with Gasteiger partial charge in [-0.3, -0.25) is 15.0 Å². The molecule has 4 N–H and O–H groups in total. The van der Waals surface area contributed by atoms with E-state index in [9.17, 15) is 0 Å². The average molecular weight is 447 g/mol. The summed E-state index contributed by atoms with van der Waals surface area (Å²) in [6.45, 7) is 5.66. The molecule has 3 saturated heterocycles. The van der Waals surface area contributed by atoms with Crippen LogP contribution in [0.2, 0.25) is 0 Å². The lowest BCUT2D eigenvalue weighted by Gasteiger charge is -2.41. The Balaban J connectivity index is 1.19. The Kier molecular flexibility index (Phi) is 5.63. The van der Waals surface area contributed by atoms with Crippen LogP contribution in [0, 0.1) is 12.8 Å². The first-order valence-corrected chi connectivity index (χ1v) is 12.5. The van der Waals surface area contributed by atoms with Crippen molar-refractivity contribution in [1.82, 2.24) is 30.4 Å². The standard InChI is InChI=1S/C25H34N8/c1-16-11-24(32-31-16)29-23-14-22-21(3-2-8-27-22)25(30-23)28-18-12-19-4-5-20(13-18)33(19)15-17-6-9-26-10-7-17/h2-3,8,11,14,17-20,26H,4-7,9-10,12-13,15H2,1H3,(H3,28,29,30,31,32). The van der Waals surface area contributed by atoms with E-state index in [1.54, 1.807) is 0 Å². The Bertz CT molecular complexity index is 1090. The number of rotatable bonds is 6. The van der Waals surface area contributed by atoms with Gasteiger partial charge < -0.3 is 16.0 Å². The van der Waals surface area contributed by atoms with E-state index in [-0.39, 0.29) is 0 Å². The number of aryl methyl sites for hydroxylation is 1. The van der Waals surface area contributed by atoms with Gasteiger partial charge in [0.2, 0.25) is 0 Å². The van der Waals surface area contributed by atoms with Crippen LogP contribution in [0.3, 0.4) is 0 Å². The number of hydrogen-bond acceptors (Lipinski definition) is 7. The van der Waals surface area contributed by atoms with Crippen molar-refractivity contribution in [3.05, 3.63) is 36.2 Å². The van der Waals surface area contributed by atoms with Crippen LogP contribution in [0.1, 0.15) is 44.2 Å². The molecule has 2 bridgehead atoms. The van der Waals surface area contributed by atoms with Crippen LogP contribution in [0.15, 0.2) is 30.5 Å². The molecular formula is C25H34N8. The highest BCUT2D eigenvalue weighted by atomic mass is 15.2. The second-order valence-corrected chi connectivity index (χ2v) is 10.1. The molecule has 0 aliphatic carbocycles. The summed E-state index contributed by atoms with van der Waals surface area (Å²) in [7, 11) is 0. The molecule has 3 fully saturated rings. The summed E-state index contributed by atoms with van der Waals surface area (Å²) in [5.41, 5.74) is 1.96. The number of pyridine rings is 2. The lowest BCUT2D eigenvalue weighted by molar-refractivity contribution is 0.102. The molecule has 8 nitrogen and oxygen atoms in total. The molecule has 33 heavy (non-hydrogen) atoms. The molecule has 3 aromatic rings. The third kappa shape index (κ3) is 4.42. The Morgan fingerprint density at radius 3 is 2.64 bits per heavy atom. The number of anilines is 3. The van der Waals surface area contributed by atoms with Gasteiger partial charge >= 0.3 is 0 Å². The van der Waals surface area contributed by atoms with Gasteiger partial charge in [-0.2, -0.15) is 5.10 Å². The SMILES string of the molecule is Cc1cc(Nc2cc3ncccc3c(NC3CC4CCC(C3)N4CC3CCNCC3)n2)n[nH]1. The van der Waals surface area contributed by atoms with Gasteiger partial charge in [-0.05, 0) is 76.6 Å². The van der Waals surface area contributed by atoms with Gasteiger partial charge in [0.05, 0.1) is 5.52 Å². The Morgan fingerprint density at radius 1 is 1.06 bits per heavy atom. The molecule has 3 aromatic heterocycles. The normalized spacial score (nSPS) is 26.0. The summed E-state index contributed by atoms with van der Waals surface area (Å²) >= 11 is 0. The van der Waals surface area contributed by atoms with E-state index >= 15 is 0 Å². The molecule has 0 radical (unpaired) electrons. The van der Waals surface area contributed by atoms with Crippen molar-refractivity contribution in [2.45, 2.75) is 63.6 Å². The van der Waals surface area contributed by atoms with Crippen LogP contribution in [0.25, 0.3) is 10.9 Å². The summed E-state index contributed by atoms with van der Waals surface area (Å²) < 4.78 is 0. The van der Waals surface area contributed by atoms with Gasteiger partial charge in [-0.25, -0.2) is 4.98 Å². The largest absolute Gasteiger partial charge is 0.367 e. The molecule has 174 valence electrons. The molecule has 2 atom stereocenters. The van der Waals surface area contributed by atoms with Crippen LogP contribution in [-0.2, 0) is 0 Å². The second kappa shape index (κ2) is 8.91. The zero-order chi connectivity index (χ0) is 22.2. The first kappa shape index (κ1) is 20.9. The van der Waals surface area contributed by atoms with Crippen LogP contribution in [-0.4, -0.2) is 62.8 Å². The summed E-state index contributed by atoms with van der Waals surface area (Å²) in [5.74, 6) is 3.32. The number of fused-ring (bicyclic) bond motifs is 3. The number of aromatic nitrogens is 4. The highest BCUT2D eigenvalue weighted by Gasteiger charge is 2.41. The summed E-state index contributed by atoms with van der Waals surface area (Å²) in [6, 6.07) is 9.93. The quantitative estimate of drug-likeness (QED) is 0.457. The lowest BCUT2D eigenvalue weighted by atomic mass is 9.92. The molecule has 3 aliphatic heterocycles. The molecule has 6 rings (SSSR count). The zero-order valence-corrected chi connectivity index (χ0v) is 19.3. The maximum Gasteiger partial charge on any atom is 0.153 e. The molecule has 0 saturated carbocycles. The van der Waals surface area contributed by atoms with Crippen molar-refractivity contribution >= 4 is 28.4 Å². The topological polar surface area (TPSA) is 93.8 Å². The maximum absolute atomic E-state index is 4.95. The maximum atomic E-state index is 4.95. The van der Waals surface area contributed by atoms with Crippen LogP contribution < -0.4 is 16.0 Å².